The van der Waals surface area contributed by atoms with Crippen molar-refractivity contribution >= 4 is 5.91 Å². The van der Waals surface area contributed by atoms with Gasteiger partial charge in [0.05, 0.1) is 26.2 Å². The van der Waals surface area contributed by atoms with Crippen LogP contribution in [0.3, 0.4) is 0 Å². The first-order valence-electron chi connectivity index (χ1n) is 7.76. The van der Waals surface area contributed by atoms with Crippen LogP contribution < -0.4 is 17.7 Å². The van der Waals surface area contributed by atoms with Gasteiger partial charge < -0.3 is 22.2 Å². The van der Waals surface area contributed by atoms with Crippen LogP contribution in [0.15, 0.2) is 24.3 Å². The van der Waals surface area contributed by atoms with Gasteiger partial charge in [0.1, 0.15) is 5.82 Å². The highest BCUT2D eigenvalue weighted by Gasteiger charge is 2.33. The average Bonchev–Trinajstić information content (AvgIpc) is 2.93. The minimum absolute atomic E-state index is 0. The Hall–Kier alpha value is -1.13. The van der Waals surface area contributed by atoms with Crippen LogP contribution in [0.25, 0.3) is 0 Å². The van der Waals surface area contributed by atoms with Crippen molar-refractivity contribution in [2.24, 2.45) is 0 Å². The third-order valence-corrected chi connectivity index (χ3v) is 4.61. The van der Waals surface area contributed by atoms with E-state index in [1.807, 2.05) is 6.92 Å². The number of rotatable bonds is 5. The number of nitrogens with zero attached hydrogens (tertiary/aromatic N) is 1. The third kappa shape index (κ3) is 4.96. The van der Waals surface area contributed by atoms with Crippen molar-refractivity contribution in [2.75, 3.05) is 20.6 Å². The van der Waals surface area contributed by atoms with E-state index in [4.69, 9.17) is 0 Å². The van der Waals surface area contributed by atoms with E-state index in [0.717, 1.165) is 10.0 Å². The minimum atomic E-state index is -0.253. The number of hydrogen-bond donors (Lipinski definition) is 1. The molecule has 0 spiro atoms. The fourth-order valence-electron chi connectivity index (χ4n) is 3.22. The summed E-state index contributed by atoms with van der Waals surface area (Å²) in [6.45, 7) is 2.43. The molecule has 22 heavy (non-hydrogen) atoms. The first-order chi connectivity index (χ1) is 9.88. The summed E-state index contributed by atoms with van der Waals surface area (Å²) in [6, 6.07) is 6.79. The molecule has 0 aromatic heterocycles. The van der Waals surface area contributed by atoms with Crippen molar-refractivity contribution in [1.82, 2.24) is 5.32 Å². The van der Waals surface area contributed by atoms with Crippen molar-refractivity contribution in [3.63, 3.8) is 0 Å². The van der Waals surface area contributed by atoms with E-state index in [9.17, 15) is 9.18 Å². The molecule has 3 nitrogen and oxygen atoms in total. The lowest BCUT2D eigenvalue weighted by Gasteiger charge is -2.35. The van der Waals surface area contributed by atoms with Crippen molar-refractivity contribution in [3.8, 4) is 0 Å². The molecule has 1 unspecified atom stereocenters. The summed E-state index contributed by atoms with van der Waals surface area (Å²) in [4.78, 5) is 12.3. The van der Waals surface area contributed by atoms with Gasteiger partial charge in [0.25, 0.3) is 5.91 Å². The van der Waals surface area contributed by atoms with E-state index in [-0.39, 0.29) is 30.2 Å². The lowest BCUT2D eigenvalue weighted by molar-refractivity contribution is -0.906. The smallest absolute Gasteiger partial charge is 0.275 e. The maximum absolute atomic E-state index is 12.9. The highest BCUT2D eigenvalue weighted by atomic mass is 35.5. The maximum Gasteiger partial charge on any atom is 0.275 e. The second-order valence-corrected chi connectivity index (χ2v) is 6.72. The number of carbonyl (C=O) groups is 1. The van der Waals surface area contributed by atoms with Crippen LogP contribution in [-0.2, 0) is 4.79 Å². The summed E-state index contributed by atoms with van der Waals surface area (Å²) in [5.41, 5.74) is 0.927. The van der Waals surface area contributed by atoms with Crippen LogP contribution in [-0.4, -0.2) is 37.1 Å². The molecule has 1 aromatic rings. The summed E-state index contributed by atoms with van der Waals surface area (Å²) in [5.74, 6) is -0.194. The Labute approximate surface area is 138 Å². The monoisotopic (exact) mass is 328 g/mol. The Morgan fingerprint density at radius 2 is 1.82 bits per heavy atom. The first-order valence-corrected chi connectivity index (χ1v) is 7.76. The largest absolute Gasteiger partial charge is 1.00 e. The molecular formula is C17H26ClFN2O. The molecule has 1 amide bonds. The zero-order valence-electron chi connectivity index (χ0n) is 13.6. The number of nitrogens with one attached hydrogen (secondary N) is 1. The molecule has 1 fully saturated rings. The Bertz CT molecular complexity index is 484. The quantitative estimate of drug-likeness (QED) is 0.759. The molecule has 1 N–H and O–H groups in total. The molecule has 1 aliphatic carbocycles. The fourth-order valence-corrected chi connectivity index (χ4v) is 3.22. The number of likely N-dealkylation sites (N-methyl/N-ethyl adjacent to an activating group) is 1. The van der Waals surface area contributed by atoms with Gasteiger partial charge in [-0.15, -0.1) is 0 Å². The molecular weight excluding hydrogens is 303 g/mol. The number of hydrogen-bond acceptors (Lipinski definition) is 1. The zero-order valence-corrected chi connectivity index (χ0v) is 14.4. The van der Waals surface area contributed by atoms with Gasteiger partial charge >= 0.3 is 0 Å². The molecule has 1 saturated carbocycles. The predicted octanol–water partition coefficient (Wildman–Crippen LogP) is 0.0259. The van der Waals surface area contributed by atoms with E-state index < -0.39 is 0 Å². The summed E-state index contributed by atoms with van der Waals surface area (Å²) in [7, 11) is 4.27. The van der Waals surface area contributed by atoms with Gasteiger partial charge in [-0.25, -0.2) is 4.39 Å². The average molecular weight is 329 g/mol. The van der Waals surface area contributed by atoms with Gasteiger partial charge in [0.2, 0.25) is 0 Å². The van der Waals surface area contributed by atoms with Crippen LogP contribution in [0.5, 0.6) is 0 Å². The number of benzene rings is 1. The normalized spacial score (nSPS) is 16.9. The number of amides is 1. The van der Waals surface area contributed by atoms with Crippen LogP contribution in [0, 0.1) is 5.82 Å². The maximum atomic E-state index is 12.9. The van der Waals surface area contributed by atoms with E-state index in [0.29, 0.717) is 12.6 Å². The molecule has 0 saturated heterocycles. The predicted molar refractivity (Wildman–Crippen MR) is 82.2 cm³/mol. The van der Waals surface area contributed by atoms with Gasteiger partial charge in [0.15, 0.2) is 6.54 Å². The molecule has 0 heterocycles. The number of halogens is 2. The van der Waals surface area contributed by atoms with Crippen molar-refractivity contribution < 1.29 is 26.1 Å². The van der Waals surface area contributed by atoms with Crippen LogP contribution in [0.1, 0.15) is 44.2 Å². The van der Waals surface area contributed by atoms with Gasteiger partial charge in [-0.2, -0.15) is 0 Å². The molecule has 2 rings (SSSR count). The highest BCUT2D eigenvalue weighted by molar-refractivity contribution is 5.77. The van der Waals surface area contributed by atoms with Crippen LogP contribution >= 0.6 is 0 Å². The van der Waals surface area contributed by atoms with Gasteiger partial charge in [-0.3, -0.25) is 4.79 Å². The molecule has 0 aliphatic heterocycles. The van der Waals surface area contributed by atoms with Crippen molar-refractivity contribution in [2.45, 2.75) is 44.7 Å². The Kier molecular flexibility index (Phi) is 6.82. The molecule has 5 heteroatoms. The molecule has 124 valence electrons. The van der Waals surface area contributed by atoms with Crippen molar-refractivity contribution in [3.05, 3.63) is 35.6 Å². The topological polar surface area (TPSA) is 29.1 Å². The van der Waals surface area contributed by atoms with Gasteiger partial charge in [-0.05, 0) is 50.3 Å². The molecule has 0 radical (unpaired) electrons. The lowest BCUT2D eigenvalue weighted by atomic mass is 10.1. The second-order valence-electron chi connectivity index (χ2n) is 6.72. The molecule has 1 aromatic carbocycles. The zero-order chi connectivity index (χ0) is 15.5. The Balaban J connectivity index is 0.00000242. The number of quaternary nitrogens is 1. The van der Waals surface area contributed by atoms with E-state index >= 15 is 0 Å². The van der Waals surface area contributed by atoms with Gasteiger partial charge in [-0.1, -0.05) is 12.1 Å². The van der Waals surface area contributed by atoms with E-state index in [2.05, 4.69) is 19.4 Å². The Morgan fingerprint density at radius 1 is 1.27 bits per heavy atom. The van der Waals surface area contributed by atoms with E-state index in [1.54, 1.807) is 12.1 Å². The van der Waals surface area contributed by atoms with Crippen LogP contribution in [0.4, 0.5) is 4.39 Å². The summed E-state index contributed by atoms with van der Waals surface area (Å²) < 4.78 is 13.7. The van der Waals surface area contributed by atoms with Crippen LogP contribution in [0.2, 0.25) is 0 Å². The standard InChI is InChI=1S/C17H25FN2O.ClH/c1-13(14-8-10-15(18)11-9-14)19-17(21)12-20(2,3)16-6-4-5-7-16;/h8-11,13,16H,4-7,12H2,1-3H3;1H. The summed E-state index contributed by atoms with van der Waals surface area (Å²) in [6.07, 6.45) is 4.99. The minimum Gasteiger partial charge on any atom is -1.00 e. The molecule has 1 atom stereocenters. The first kappa shape index (κ1) is 18.9. The summed E-state index contributed by atoms with van der Waals surface area (Å²) in [5, 5.41) is 3.02. The number of carbonyl (C=O) groups excluding carboxylic acids is 1. The SMILES string of the molecule is CC(NC(=O)C[N+](C)(C)C1CCCC1)c1ccc(F)cc1.[Cl-]. The van der Waals surface area contributed by atoms with Gasteiger partial charge in [0, 0.05) is 0 Å². The fraction of sp³-hybridized carbons (Fsp3) is 0.588. The van der Waals surface area contributed by atoms with Crippen molar-refractivity contribution in [1.29, 1.82) is 0 Å². The molecule has 1 aliphatic rings. The highest BCUT2D eigenvalue weighted by Crippen LogP contribution is 2.26. The lowest BCUT2D eigenvalue weighted by Crippen LogP contribution is -3.00. The van der Waals surface area contributed by atoms with E-state index in [1.165, 1.54) is 37.8 Å². The summed E-state index contributed by atoms with van der Waals surface area (Å²) >= 11 is 0. The molecule has 0 bridgehead atoms. The second kappa shape index (κ2) is 7.93. The Morgan fingerprint density at radius 3 is 2.36 bits per heavy atom. The third-order valence-electron chi connectivity index (χ3n) is 4.61.